The lowest BCUT2D eigenvalue weighted by Gasteiger charge is -2.17. The third kappa shape index (κ3) is 3.37. The first-order valence-corrected chi connectivity index (χ1v) is 7.85. The number of hydrogen-bond donors (Lipinski definition) is 1. The van der Waals surface area contributed by atoms with Gasteiger partial charge in [-0.2, -0.15) is 0 Å². The van der Waals surface area contributed by atoms with Gasteiger partial charge in [-0.1, -0.05) is 41.4 Å². The smallest absolute Gasteiger partial charge is 0.229 e. The van der Waals surface area contributed by atoms with Crippen LogP contribution in [0.3, 0.4) is 0 Å². The topological polar surface area (TPSA) is 49.4 Å². The molecule has 0 unspecified atom stereocenters. The van der Waals surface area contributed by atoms with Gasteiger partial charge in [-0.15, -0.1) is 0 Å². The largest absolute Gasteiger partial charge is 0.324 e. The van der Waals surface area contributed by atoms with Crippen LogP contribution in [0, 0.1) is 12.8 Å². The highest BCUT2D eigenvalue weighted by atomic mass is 35.5. The average molecular weight is 329 g/mol. The molecule has 1 saturated heterocycles. The molecule has 0 bridgehead atoms. The highest BCUT2D eigenvalue weighted by molar-refractivity contribution is 6.33. The lowest BCUT2D eigenvalue weighted by Crippen LogP contribution is -2.28. The normalized spacial score (nSPS) is 17.4. The lowest BCUT2D eigenvalue weighted by molar-refractivity contribution is -0.122. The number of aryl methyl sites for hydroxylation is 1. The van der Waals surface area contributed by atoms with Crippen LogP contribution in [0.25, 0.3) is 0 Å². The van der Waals surface area contributed by atoms with Crippen LogP contribution in [0.1, 0.15) is 12.0 Å². The van der Waals surface area contributed by atoms with Gasteiger partial charge in [0.1, 0.15) is 0 Å². The van der Waals surface area contributed by atoms with Gasteiger partial charge < -0.3 is 10.2 Å². The minimum absolute atomic E-state index is 0.0341. The van der Waals surface area contributed by atoms with Crippen LogP contribution in [0.15, 0.2) is 48.5 Å². The Bertz CT molecular complexity index is 743. The molecule has 0 radical (unpaired) electrons. The highest BCUT2D eigenvalue weighted by Gasteiger charge is 2.35. The Morgan fingerprint density at radius 3 is 2.57 bits per heavy atom. The molecule has 1 heterocycles. The molecule has 2 amide bonds. The van der Waals surface area contributed by atoms with Crippen molar-refractivity contribution in [3.05, 3.63) is 59.1 Å². The van der Waals surface area contributed by atoms with Crippen molar-refractivity contribution in [2.24, 2.45) is 5.92 Å². The van der Waals surface area contributed by atoms with Crippen LogP contribution in [0.4, 0.5) is 11.4 Å². The van der Waals surface area contributed by atoms with Gasteiger partial charge >= 0.3 is 0 Å². The Kier molecular flexibility index (Phi) is 4.35. The van der Waals surface area contributed by atoms with Crippen LogP contribution in [-0.4, -0.2) is 18.4 Å². The molecule has 0 saturated carbocycles. The molecule has 0 spiro atoms. The van der Waals surface area contributed by atoms with E-state index in [9.17, 15) is 9.59 Å². The second-order valence-electron chi connectivity index (χ2n) is 5.71. The van der Waals surface area contributed by atoms with Gasteiger partial charge in [0.05, 0.1) is 16.6 Å². The average Bonchev–Trinajstić information content (AvgIpc) is 2.92. The predicted octanol–water partition coefficient (Wildman–Crippen LogP) is 3.64. The summed E-state index contributed by atoms with van der Waals surface area (Å²) in [6.45, 7) is 2.38. The van der Waals surface area contributed by atoms with E-state index in [2.05, 4.69) is 5.32 Å². The van der Waals surface area contributed by atoms with Gasteiger partial charge in [0, 0.05) is 18.7 Å². The number of benzene rings is 2. The first-order chi connectivity index (χ1) is 11.0. The minimum Gasteiger partial charge on any atom is -0.324 e. The standard InChI is InChI=1S/C18H17ClN2O2/c1-12-6-8-14(9-7-12)21-11-13(10-17(21)22)18(23)20-16-5-3-2-4-15(16)19/h2-9,13H,10-11H2,1H3,(H,20,23)/t13-/m0/s1. The van der Waals surface area contributed by atoms with Crippen LogP contribution in [0.2, 0.25) is 5.02 Å². The van der Waals surface area contributed by atoms with E-state index in [1.807, 2.05) is 31.2 Å². The number of rotatable bonds is 3. The number of nitrogens with one attached hydrogen (secondary N) is 1. The molecule has 118 valence electrons. The molecule has 1 atom stereocenters. The summed E-state index contributed by atoms with van der Waals surface area (Å²) in [4.78, 5) is 26.3. The Labute approximate surface area is 140 Å². The summed E-state index contributed by atoms with van der Waals surface area (Å²) in [5.41, 5.74) is 2.53. The zero-order chi connectivity index (χ0) is 16.4. The maximum absolute atomic E-state index is 12.4. The molecule has 4 nitrogen and oxygen atoms in total. The van der Waals surface area contributed by atoms with Gasteiger partial charge in [0.2, 0.25) is 11.8 Å². The molecule has 3 rings (SSSR count). The van der Waals surface area contributed by atoms with E-state index in [4.69, 9.17) is 11.6 Å². The maximum Gasteiger partial charge on any atom is 0.229 e. The first-order valence-electron chi connectivity index (χ1n) is 7.47. The van der Waals surface area contributed by atoms with Crippen molar-refractivity contribution in [3.8, 4) is 0 Å². The molecule has 1 N–H and O–H groups in total. The second kappa shape index (κ2) is 6.42. The maximum atomic E-state index is 12.4. The van der Waals surface area contributed by atoms with Gasteiger partial charge in [-0.05, 0) is 31.2 Å². The second-order valence-corrected chi connectivity index (χ2v) is 6.12. The number of anilines is 2. The monoisotopic (exact) mass is 328 g/mol. The summed E-state index contributed by atoms with van der Waals surface area (Å²) in [5.74, 6) is -0.589. The number of carbonyl (C=O) groups excluding carboxylic acids is 2. The van der Waals surface area contributed by atoms with E-state index in [0.29, 0.717) is 17.3 Å². The third-order valence-electron chi connectivity index (χ3n) is 3.97. The summed E-state index contributed by atoms with van der Waals surface area (Å²) in [6.07, 6.45) is 0.212. The van der Waals surface area contributed by atoms with E-state index in [1.165, 1.54) is 0 Å². The van der Waals surface area contributed by atoms with E-state index in [-0.39, 0.29) is 24.2 Å². The fourth-order valence-corrected chi connectivity index (χ4v) is 2.84. The third-order valence-corrected chi connectivity index (χ3v) is 4.30. The number of nitrogens with zero attached hydrogens (tertiary/aromatic N) is 1. The highest BCUT2D eigenvalue weighted by Crippen LogP contribution is 2.27. The van der Waals surface area contributed by atoms with E-state index in [0.717, 1.165) is 11.3 Å². The lowest BCUT2D eigenvalue weighted by atomic mass is 10.1. The Hall–Kier alpha value is -2.33. The number of para-hydroxylation sites is 1. The van der Waals surface area contributed by atoms with E-state index < -0.39 is 0 Å². The van der Waals surface area contributed by atoms with Crippen molar-refractivity contribution < 1.29 is 9.59 Å². The van der Waals surface area contributed by atoms with Crippen molar-refractivity contribution in [3.63, 3.8) is 0 Å². The molecule has 2 aromatic rings. The predicted molar refractivity (Wildman–Crippen MR) is 91.7 cm³/mol. The molecule has 0 aromatic heterocycles. The summed E-state index contributed by atoms with van der Waals surface area (Å²) >= 11 is 6.05. The molecule has 1 aliphatic rings. The van der Waals surface area contributed by atoms with Gasteiger partial charge in [0.25, 0.3) is 0 Å². The molecule has 5 heteroatoms. The van der Waals surface area contributed by atoms with Crippen LogP contribution >= 0.6 is 11.6 Å². The molecular weight excluding hydrogens is 312 g/mol. The Balaban J connectivity index is 1.71. The fraction of sp³-hybridized carbons (Fsp3) is 0.222. The van der Waals surface area contributed by atoms with Gasteiger partial charge in [-0.25, -0.2) is 0 Å². The van der Waals surface area contributed by atoms with Gasteiger partial charge in [0.15, 0.2) is 0 Å². The van der Waals surface area contributed by atoms with Crippen LogP contribution < -0.4 is 10.2 Å². The SMILES string of the molecule is Cc1ccc(N2C[C@@H](C(=O)Nc3ccccc3Cl)CC2=O)cc1. The quantitative estimate of drug-likeness (QED) is 0.935. The van der Waals surface area contributed by atoms with E-state index in [1.54, 1.807) is 29.2 Å². The number of amides is 2. The summed E-state index contributed by atoms with van der Waals surface area (Å²) in [5, 5.41) is 3.29. The zero-order valence-corrected chi connectivity index (χ0v) is 13.5. The van der Waals surface area contributed by atoms with E-state index >= 15 is 0 Å². The van der Waals surface area contributed by atoms with Crippen LogP contribution in [0.5, 0.6) is 0 Å². The zero-order valence-electron chi connectivity index (χ0n) is 12.8. The summed E-state index contributed by atoms with van der Waals surface area (Å²) in [7, 11) is 0. The molecule has 1 fully saturated rings. The number of carbonyl (C=O) groups is 2. The van der Waals surface area contributed by atoms with Crippen molar-refractivity contribution in [2.45, 2.75) is 13.3 Å². The van der Waals surface area contributed by atoms with Gasteiger partial charge in [-0.3, -0.25) is 9.59 Å². The van der Waals surface area contributed by atoms with Crippen molar-refractivity contribution in [2.75, 3.05) is 16.8 Å². The Morgan fingerprint density at radius 2 is 1.87 bits per heavy atom. The van der Waals surface area contributed by atoms with Crippen molar-refractivity contribution >= 4 is 34.8 Å². The minimum atomic E-state index is -0.375. The molecule has 0 aliphatic carbocycles. The first kappa shape index (κ1) is 15.6. The summed E-state index contributed by atoms with van der Waals surface area (Å²) < 4.78 is 0. The molecule has 1 aliphatic heterocycles. The number of hydrogen-bond acceptors (Lipinski definition) is 2. The van der Waals surface area contributed by atoms with Crippen molar-refractivity contribution in [1.82, 2.24) is 0 Å². The molecular formula is C18H17ClN2O2. The number of halogens is 1. The Morgan fingerprint density at radius 1 is 1.17 bits per heavy atom. The molecule has 23 heavy (non-hydrogen) atoms. The van der Waals surface area contributed by atoms with Crippen molar-refractivity contribution in [1.29, 1.82) is 0 Å². The summed E-state index contributed by atoms with van der Waals surface area (Å²) in [6, 6.07) is 14.8. The fourth-order valence-electron chi connectivity index (χ4n) is 2.65. The molecule has 2 aromatic carbocycles. The van der Waals surface area contributed by atoms with Crippen LogP contribution in [-0.2, 0) is 9.59 Å².